The van der Waals surface area contributed by atoms with Gasteiger partial charge < -0.3 is 15.2 Å². The molecule has 1 rings (SSSR count). The fraction of sp³-hybridized carbons (Fsp3) is 1.00. The predicted molar refractivity (Wildman–Crippen MR) is 62.3 cm³/mol. The van der Waals surface area contributed by atoms with Crippen molar-refractivity contribution in [3.8, 4) is 0 Å². The fourth-order valence-corrected chi connectivity index (χ4v) is 2.13. The summed E-state index contributed by atoms with van der Waals surface area (Å²) in [5, 5.41) is 0. The Morgan fingerprint density at radius 2 is 1.61 bits per heavy atom. The lowest BCUT2D eigenvalue weighted by molar-refractivity contribution is -0.174. The molecule has 18 heavy (non-hydrogen) atoms. The Hall–Kier alpha value is -0.330. The first kappa shape index (κ1) is 15.7. The van der Waals surface area contributed by atoms with Crippen LogP contribution in [-0.2, 0) is 9.47 Å². The van der Waals surface area contributed by atoms with Crippen LogP contribution in [0.2, 0.25) is 0 Å². The lowest BCUT2D eigenvalue weighted by atomic mass is 9.83. The fourth-order valence-electron chi connectivity index (χ4n) is 2.13. The van der Waals surface area contributed by atoms with E-state index in [2.05, 4.69) is 4.74 Å². The average Bonchev–Trinajstić information content (AvgIpc) is 2.27. The van der Waals surface area contributed by atoms with Gasteiger partial charge in [0.25, 0.3) is 0 Å². The molecular weight excluding hydrogens is 247 g/mol. The number of halogens is 3. The van der Waals surface area contributed by atoms with E-state index in [4.69, 9.17) is 10.5 Å². The monoisotopic (exact) mass is 269 g/mol. The summed E-state index contributed by atoms with van der Waals surface area (Å²) in [6, 6.07) is 0. The van der Waals surface area contributed by atoms with Gasteiger partial charge in [0, 0.05) is 18.8 Å². The van der Waals surface area contributed by atoms with Crippen molar-refractivity contribution in [2.75, 3.05) is 26.4 Å². The highest BCUT2D eigenvalue weighted by Crippen LogP contribution is 2.25. The molecular formula is C12H22F3NO2. The third-order valence-electron chi connectivity index (χ3n) is 3.08. The highest BCUT2D eigenvalue weighted by molar-refractivity contribution is 4.86. The molecule has 0 aromatic heterocycles. The van der Waals surface area contributed by atoms with E-state index in [-0.39, 0.29) is 12.1 Å². The molecule has 0 atom stereocenters. The predicted octanol–water partition coefficient (Wildman–Crippen LogP) is 2.63. The van der Waals surface area contributed by atoms with Crippen LogP contribution in [0.4, 0.5) is 13.2 Å². The quantitative estimate of drug-likeness (QED) is 0.723. The topological polar surface area (TPSA) is 44.5 Å². The van der Waals surface area contributed by atoms with E-state index in [1.807, 2.05) is 0 Å². The van der Waals surface area contributed by atoms with E-state index < -0.39 is 12.8 Å². The van der Waals surface area contributed by atoms with Gasteiger partial charge in [-0.25, -0.2) is 0 Å². The van der Waals surface area contributed by atoms with Crippen molar-refractivity contribution >= 4 is 0 Å². The molecule has 108 valence electrons. The minimum absolute atomic E-state index is 0.0665. The Labute approximate surface area is 106 Å². The van der Waals surface area contributed by atoms with Crippen LogP contribution in [0.5, 0.6) is 0 Å². The molecule has 0 aliphatic heterocycles. The van der Waals surface area contributed by atoms with Crippen LogP contribution in [0.1, 0.15) is 38.5 Å². The average molecular weight is 269 g/mol. The van der Waals surface area contributed by atoms with Gasteiger partial charge in [0.05, 0.1) is 6.61 Å². The molecule has 1 saturated carbocycles. The van der Waals surface area contributed by atoms with Gasteiger partial charge in [-0.1, -0.05) is 19.3 Å². The maximum absolute atomic E-state index is 11.8. The molecule has 0 aromatic rings. The summed E-state index contributed by atoms with van der Waals surface area (Å²) in [4.78, 5) is 0. The maximum atomic E-state index is 11.8. The first-order valence-corrected chi connectivity index (χ1v) is 6.42. The van der Waals surface area contributed by atoms with Crippen LogP contribution in [0, 0.1) is 0 Å². The summed E-state index contributed by atoms with van der Waals surface area (Å²) in [5.41, 5.74) is 5.92. The van der Waals surface area contributed by atoms with Gasteiger partial charge in [-0.3, -0.25) is 0 Å². The van der Waals surface area contributed by atoms with E-state index in [0.29, 0.717) is 19.6 Å². The van der Waals surface area contributed by atoms with Gasteiger partial charge in [-0.2, -0.15) is 13.2 Å². The molecule has 2 N–H and O–H groups in total. The van der Waals surface area contributed by atoms with Gasteiger partial charge in [-0.15, -0.1) is 0 Å². The van der Waals surface area contributed by atoms with Crippen LogP contribution in [0.3, 0.4) is 0 Å². The maximum Gasteiger partial charge on any atom is 0.411 e. The number of nitrogens with two attached hydrogens (primary N) is 1. The second kappa shape index (κ2) is 7.31. The van der Waals surface area contributed by atoms with Gasteiger partial charge in [0.2, 0.25) is 0 Å². The van der Waals surface area contributed by atoms with Crippen molar-refractivity contribution < 1.29 is 22.6 Å². The molecule has 0 amide bonds. The van der Waals surface area contributed by atoms with Crippen LogP contribution in [0.15, 0.2) is 0 Å². The van der Waals surface area contributed by atoms with Crippen molar-refractivity contribution in [3.63, 3.8) is 0 Å². The first-order chi connectivity index (χ1) is 8.41. The zero-order chi connectivity index (χ0) is 13.5. The largest absolute Gasteiger partial charge is 0.411 e. The molecule has 0 spiro atoms. The second-order valence-electron chi connectivity index (χ2n) is 5.00. The number of ether oxygens (including phenoxy) is 2. The molecule has 1 aliphatic carbocycles. The summed E-state index contributed by atoms with van der Waals surface area (Å²) >= 11 is 0. The van der Waals surface area contributed by atoms with E-state index in [1.165, 1.54) is 6.42 Å². The van der Waals surface area contributed by atoms with Crippen molar-refractivity contribution in [2.24, 2.45) is 5.73 Å². The van der Waals surface area contributed by atoms with Crippen molar-refractivity contribution in [3.05, 3.63) is 0 Å². The molecule has 0 aromatic carbocycles. The Balaban J connectivity index is 1.95. The SMILES string of the molecule is NC1(COCCCOCC(F)(F)F)CCCCC1. The van der Waals surface area contributed by atoms with Crippen molar-refractivity contribution in [1.29, 1.82) is 0 Å². The molecule has 3 nitrogen and oxygen atoms in total. The van der Waals surface area contributed by atoms with Crippen LogP contribution in [-0.4, -0.2) is 38.1 Å². The molecule has 6 heteroatoms. The molecule has 1 aliphatic rings. The van der Waals surface area contributed by atoms with E-state index in [1.54, 1.807) is 0 Å². The summed E-state index contributed by atoms with van der Waals surface area (Å²) in [7, 11) is 0. The Morgan fingerprint density at radius 3 is 2.22 bits per heavy atom. The second-order valence-corrected chi connectivity index (χ2v) is 5.00. The third-order valence-corrected chi connectivity index (χ3v) is 3.08. The van der Waals surface area contributed by atoms with Crippen LogP contribution in [0.25, 0.3) is 0 Å². The zero-order valence-corrected chi connectivity index (χ0v) is 10.6. The summed E-state index contributed by atoms with van der Waals surface area (Å²) in [6.45, 7) is -0.228. The molecule has 0 heterocycles. The summed E-state index contributed by atoms with van der Waals surface area (Å²) in [6.07, 6.45) is 1.65. The zero-order valence-electron chi connectivity index (χ0n) is 10.6. The minimum Gasteiger partial charge on any atom is -0.379 e. The smallest absolute Gasteiger partial charge is 0.379 e. The lowest BCUT2D eigenvalue weighted by Gasteiger charge is -2.33. The molecule has 0 saturated heterocycles. The third kappa shape index (κ3) is 7.18. The van der Waals surface area contributed by atoms with Crippen LogP contribution >= 0.6 is 0 Å². The Kier molecular flexibility index (Phi) is 6.38. The number of hydrogen-bond acceptors (Lipinski definition) is 3. The number of rotatable bonds is 7. The highest BCUT2D eigenvalue weighted by atomic mass is 19.4. The minimum atomic E-state index is -4.25. The van der Waals surface area contributed by atoms with E-state index in [0.717, 1.165) is 25.7 Å². The van der Waals surface area contributed by atoms with Crippen LogP contribution < -0.4 is 5.73 Å². The Morgan fingerprint density at radius 1 is 1.00 bits per heavy atom. The van der Waals surface area contributed by atoms with Gasteiger partial charge in [0.1, 0.15) is 6.61 Å². The normalized spacial score (nSPS) is 20.0. The molecule has 0 bridgehead atoms. The van der Waals surface area contributed by atoms with Gasteiger partial charge in [-0.05, 0) is 19.3 Å². The summed E-state index contributed by atoms with van der Waals surface area (Å²) < 4.78 is 45.2. The standard InChI is InChI=1S/C12H22F3NO2/c13-12(14,15)10-18-8-4-7-17-9-11(16)5-2-1-3-6-11/h1-10,16H2. The molecule has 0 unspecified atom stereocenters. The van der Waals surface area contributed by atoms with Crippen molar-refractivity contribution in [1.82, 2.24) is 0 Å². The van der Waals surface area contributed by atoms with E-state index >= 15 is 0 Å². The lowest BCUT2D eigenvalue weighted by Crippen LogP contribution is -2.46. The van der Waals surface area contributed by atoms with E-state index in [9.17, 15) is 13.2 Å². The Bertz CT molecular complexity index is 228. The first-order valence-electron chi connectivity index (χ1n) is 6.42. The van der Waals surface area contributed by atoms with Crippen molar-refractivity contribution in [2.45, 2.75) is 50.2 Å². The summed E-state index contributed by atoms with van der Waals surface area (Å²) in [5.74, 6) is 0. The number of alkyl halides is 3. The highest BCUT2D eigenvalue weighted by Gasteiger charge is 2.28. The molecule has 1 fully saturated rings. The number of hydrogen-bond donors (Lipinski definition) is 1. The van der Waals surface area contributed by atoms with Gasteiger partial charge >= 0.3 is 6.18 Å². The van der Waals surface area contributed by atoms with Gasteiger partial charge in [0.15, 0.2) is 0 Å². The molecule has 0 radical (unpaired) electrons.